The van der Waals surface area contributed by atoms with Gasteiger partial charge in [0, 0.05) is 6.92 Å². The molecule has 1 aromatic rings. The molecule has 0 aliphatic heterocycles. The van der Waals surface area contributed by atoms with Crippen LogP contribution in [0, 0.1) is 17.0 Å². The molecule has 0 radical (unpaired) electrons. The van der Waals surface area contributed by atoms with Crippen molar-refractivity contribution >= 4 is 11.7 Å². The molecule has 0 saturated heterocycles. The van der Waals surface area contributed by atoms with Gasteiger partial charge in [0.05, 0.1) is 0 Å². The first-order valence-corrected chi connectivity index (χ1v) is 3.72. The normalized spacial score (nSPS) is 9.86. The van der Waals surface area contributed by atoms with Crippen LogP contribution in [0.4, 0.5) is 5.82 Å². The minimum atomic E-state index is -0.607. The smallest absolute Gasteiger partial charge is 0.343 e. The summed E-state index contributed by atoms with van der Waals surface area (Å²) in [5.41, 5.74) is 1.89. The number of hydrogen-bond donors (Lipinski definition) is 2. The number of hydrazine groups is 1. The van der Waals surface area contributed by atoms with Crippen molar-refractivity contribution in [3.05, 3.63) is 22.1 Å². The van der Waals surface area contributed by atoms with Gasteiger partial charge in [-0.15, -0.1) is 0 Å². The number of nitro groups is 1. The molecule has 0 bridgehead atoms. The highest BCUT2D eigenvalue weighted by Gasteiger charge is 2.19. The first kappa shape index (κ1) is 10.1. The number of aromatic nitrogens is 2. The van der Waals surface area contributed by atoms with Gasteiger partial charge in [0.15, 0.2) is 12.4 Å². The van der Waals surface area contributed by atoms with Crippen LogP contribution in [-0.2, 0) is 11.3 Å². The summed E-state index contributed by atoms with van der Waals surface area (Å²) in [6.45, 7) is 1.36. The predicted molar refractivity (Wildman–Crippen MR) is 45.9 cm³/mol. The third-order valence-corrected chi connectivity index (χ3v) is 1.68. The van der Waals surface area contributed by atoms with Crippen molar-refractivity contribution in [3.8, 4) is 0 Å². The molecule has 0 unspecified atom stereocenters. The molecule has 8 heteroatoms. The summed E-state index contributed by atoms with van der Waals surface area (Å²) in [5, 5.41) is 10.5. The van der Waals surface area contributed by atoms with Crippen LogP contribution < -0.4 is 11.3 Å². The first-order chi connectivity index (χ1) is 6.56. The van der Waals surface area contributed by atoms with E-state index < -0.39 is 10.8 Å². The molecule has 8 nitrogen and oxygen atoms in total. The molecule has 1 aromatic heterocycles. The summed E-state index contributed by atoms with van der Waals surface area (Å²) in [4.78, 5) is 24.5. The second-order valence-corrected chi connectivity index (χ2v) is 2.57. The third-order valence-electron chi connectivity index (χ3n) is 1.68. The van der Waals surface area contributed by atoms with Crippen LogP contribution in [0.25, 0.3) is 0 Å². The van der Waals surface area contributed by atoms with E-state index in [-0.39, 0.29) is 12.4 Å². The molecule has 0 fully saturated rings. The number of nitrogens with two attached hydrogens (primary N) is 1. The Balaban J connectivity index is 2.99. The fourth-order valence-electron chi connectivity index (χ4n) is 0.987. The van der Waals surface area contributed by atoms with Crippen molar-refractivity contribution in [2.45, 2.75) is 13.5 Å². The molecule has 1 amide bonds. The van der Waals surface area contributed by atoms with Crippen LogP contribution >= 0.6 is 0 Å². The van der Waals surface area contributed by atoms with E-state index in [1.165, 1.54) is 4.57 Å². The maximum atomic E-state index is 10.9. The SMILES string of the molecule is Cc1ncc([N+](=O)[O-])n1CC(=O)NN. The van der Waals surface area contributed by atoms with E-state index in [2.05, 4.69) is 4.98 Å². The Morgan fingerprint density at radius 1 is 1.86 bits per heavy atom. The van der Waals surface area contributed by atoms with Gasteiger partial charge in [-0.3, -0.25) is 10.2 Å². The average molecular weight is 199 g/mol. The van der Waals surface area contributed by atoms with Gasteiger partial charge in [-0.1, -0.05) is 0 Å². The van der Waals surface area contributed by atoms with Gasteiger partial charge in [0.25, 0.3) is 5.91 Å². The van der Waals surface area contributed by atoms with Gasteiger partial charge in [0.2, 0.25) is 0 Å². The summed E-state index contributed by atoms with van der Waals surface area (Å²) in [6, 6.07) is 0. The largest absolute Gasteiger partial charge is 0.358 e. The van der Waals surface area contributed by atoms with Gasteiger partial charge in [-0.2, -0.15) is 0 Å². The van der Waals surface area contributed by atoms with E-state index in [0.717, 1.165) is 6.20 Å². The van der Waals surface area contributed by atoms with Crippen LogP contribution in [0.2, 0.25) is 0 Å². The minimum Gasteiger partial charge on any atom is -0.358 e. The molecular formula is C6H9N5O3. The molecule has 0 atom stereocenters. The summed E-state index contributed by atoms with van der Waals surface area (Å²) in [5.74, 6) is 4.50. The van der Waals surface area contributed by atoms with E-state index in [1.807, 2.05) is 5.43 Å². The van der Waals surface area contributed by atoms with E-state index in [9.17, 15) is 14.9 Å². The molecule has 14 heavy (non-hydrogen) atoms. The Hall–Kier alpha value is -1.96. The van der Waals surface area contributed by atoms with E-state index in [4.69, 9.17) is 5.84 Å². The van der Waals surface area contributed by atoms with Crippen LogP contribution in [0.5, 0.6) is 0 Å². The number of aryl methyl sites for hydroxylation is 1. The van der Waals surface area contributed by atoms with Crippen LogP contribution in [0.1, 0.15) is 5.82 Å². The zero-order valence-electron chi connectivity index (χ0n) is 7.43. The molecular weight excluding hydrogens is 190 g/mol. The zero-order valence-corrected chi connectivity index (χ0v) is 7.43. The second-order valence-electron chi connectivity index (χ2n) is 2.57. The van der Waals surface area contributed by atoms with Gasteiger partial charge in [0.1, 0.15) is 6.20 Å². The van der Waals surface area contributed by atoms with Crippen LogP contribution in [-0.4, -0.2) is 20.4 Å². The molecule has 3 N–H and O–H groups in total. The van der Waals surface area contributed by atoms with Crippen molar-refractivity contribution in [2.75, 3.05) is 0 Å². The topological polar surface area (TPSA) is 116 Å². The minimum absolute atomic E-state index is 0.210. The lowest BCUT2D eigenvalue weighted by molar-refractivity contribution is -0.392. The van der Waals surface area contributed by atoms with Crippen molar-refractivity contribution in [1.82, 2.24) is 15.0 Å². The summed E-state index contributed by atoms with van der Waals surface area (Å²) >= 11 is 0. The van der Waals surface area contributed by atoms with Gasteiger partial charge >= 0.3 is 5.82 Å². The highest BCUT2D eigenvalue weighted by molar-refractivity contribution is 5.75. The number of carbonyl (C=O) groups excluding carboxylic acids is 1. The molecule has 0 saturated carbocycles. The molecule has 1 heterocycles. The van der Waals surface area contributed by atoms with Crippen molar-refractivity contribution in [1.29, 1.82) is 0 Å². The predicted octanol–water partition coefficient (Wildman–Crippen LogP) is -0.910. The van der Waals surface area contributed by atoms with Gasteiger partial charge in [-0.05, 0) is 4.92 Å². The Morgan fingerprint density at radius 3 is 3.00 bits per heavy atom. The van der Waals surface area contributed by atoms with Crippen LogP contribution in [0.15, 0.2) is 6.20 Å². The molecule has 0 aliphatic rings. The molecule has 0 aliphatic carbocycles. The number of nitrogens with zero attached hydrogens (tertiary/aromatic N) is 3. The monoisotopic (exact) mass is 199 g/mol. The maximum absolute atomic E-state index is 10.9. The Labute approximate surface area is 78.8 Å². The summed E-state index contributed by atoms with van der Waals surface area (Å²) in [7, 11) is 0. The average Bonchev–Trinajstić information content (AvgIpc) is 2.48. The van der Waals surface area contributed by atoms with Gasteiger partial charge < -0.3 is 10.1 Å². The van der Waals surface area contributed by atoms with Gasteiger partial charge in [-0.25, -0.2) is 15.4 Å². The second kappa shape index (κ2) is 3.83. The molecule has 0 spiro atoms. The van der Waals surface area contributed by atoms with E-state index >= 15 is 0 Å². The van der Waals surface area contributed by atoms with Crippen molar-refractivity contribution in [3.63, 3.8) is 0 Å². The summed E-state index contributed by atoms with van der Waals surface area (Å²) < 4.78 is 1.17. The first-order valence-electron chi connectivity index (χ1n) is 3.72. The highest BCUT2D eigenvalue weighted by atomic mass is 16.6. The summed E-state index contributed by atoms with van der Waals surface area (Å²) in [6.07, 6.45) is 1.10. The lowest BCUT2D eigenvalue weighted by Crippen LogP contribution is -2.33. The number of imidazole rings is 1. The van der Waals surface area contributed by atoms with E-state index in [1.54, 1.807) is 6.92 Å². The number of amides is 1. The number of rotatable bonds is 3. The van der Waals surface area contributed by atoms with E-state index in [0.29, 0.717) is 5.82 Å². The number of nitrogens with one attached hydrogen (secondary N) is 1. The molecule has 76 valence electrons. The quantitative estimate of drug-likeness (QED) is 0.283. The Bertz CT molecular complexity index is 372. The maximum Gasteiger partial charge on any atom is 0.343 e. The van der Waals surface area contributed by atoms with Crippen molar-refractivity contribution < 1.29 is 9.72 Å². The Morgan fingerprint density at radius 2 is 2.50 bits per heavy atom. The van der Waals surface area contributed by atoms with Crippen molar-refractivity contribution in [2.24, 2.45) is 5.84 Å². The molecule has 0 aromatic carbocycles. The lowest BCUT2D eigenvalue weighted by atomic mass is 10.5. The fourth-order valence-corrected chi connectivity index (χ4v) is 0.987. The fraction of sp³-hybridized carbons (Fsp3) is 0.333. The standard InChI is InChI=1S/C6H9N5O3/c1-4-8-2-6(11(13)14)10(4)3-5(12)9-7/h2H,3,7H2,1H3,(H,9,12). The zero-order chi connectivity index (χ0) is 10.7. The van der Waals surface area contributed by atoms with Crippen LogP contribution in [0.3, 0.4) is 0 Å². The Kier molecular flexibility index (Phi) is 2.77. The number of carbonyl (C=O) groups is 1. The number of hydrogen-bond acceptors (Lipinski definition) is 5. The lowest BCUT2D eigenvalue weighted by Gasteiger charge is -2.00. The molecule has 1 rings (SSSR count). The third kappa shape index (κ3) is 1.85. The highest BCUT2D eigenvalue weighted by Crippen LogP contribution is 2.12.